The molecular formula is C32H30. The lowest BCUT2D eigenvalue weighted by Gasteiger charge is -2.16. The molecule has 0 aliphatic rings. The molecule has 158 valence electrons. The van der Waals surface area contributed by atoms with Crippen molar-refractivity contribution in [3.63, 3.8) is 0 Å². The second-order valence-electron chi connectivity index (χ2n) is 8.80. The molecule has 0 fully saturated rings. The zero-order valence-corrected chi connectivity index (χ0v) is 19.1. The molecule has 0 saturated heterocycles. The van der Waals surface area contributed by atoms with Crippen LogP contribution >= 0.6 is 0 Å². The highest BCUT2D eigenvalue weighted by Gasteiger charge is 2.12. The molecule has 0 N–H and O–H groups in total. The molecule has 0 heterocycles. The van der Waals surface area contributed by atoms with E-state index in [1.54, 1.807) is 0 Å². The summed E-state index contributed by atoms with van der Waals surface area (Å²) in [5.41, 5.74) is 8.40. The van der Waals surface area contributed by atoms with E-state index in [2.05, 4.69) is 111 Å². The van der Waals surface area contributed by atoms with Crippen molar-refractivity contribution >= 4 is 21.5 Å². The van der Waals surface area contributed by atoms with Gasteiger partial charge in [-0.1, -0.05) is 111 Å². The van der Waals surface area contributed by atoms with E-state index in [-0.39, 0.29) is 0 Å². The molecule has 0 heteroatoms. The van der Waals surface area contributed by atoms with E-state index in [0.717, 1.165) is 25.7 Å². The number of hydrogen-bond donors (Lipinski definition) is 0. The van der Waals surface area contributed by atoms with Crippen LogP contribution in [0.1, 0.15) is 47.2 Å². The molecule has 5 rings (SSSR count). The Kier molecular flexibility index (Phi) is 5.77. The van der Waals surface area contributed by atoms with Crippen LogP contribution in [0.15, 0.2) is 97.1 Å². The highest BCUT2D eigenvalue weighted by atomic mass is 14.2. The largest absolute Gasteiger partial charge is 0.0622 e. The molecule has 0 spiro atoms. The van der Waals surface area contributed by atoms with Gasteiger partial charge in [-0.05, 0) is 80.6 Å². The molecule has 0 amide bonds. The van der Waals surface area contributed by atoms with Crippen LogP contribution in [-0.2, 0) is 25.7 Å². The van der Waals surface area contributed by atoms with Crippen molar-refractivity contribution in [3.8, 4) is 0 Å². The van der Waals surface area contributed by atoms with E-state index in [9.17, 15) is 0 Å². The van der Waals surface area contributed by atoms with Crippen molar-refractivity contribution in [2.75, 3.05) is 0 Å². The van der Waals surface area contributed by atoms with Gasteiger partial charge in [-0.15, -0.1) is 0 Å². The molecule has 0 aliphatic heterocycles. The van der Waals surface area contributed by atoms with Gasteiger partial charge in [0, 0.05) is 0 Å². The summed E-state index contributed by atoms with van der Waals surface area (Å²) >= 11 is 0. The lowest BCUT2D eigenvalue weighted by Crippen LogP contribution is -1.97. The Morgan fingerprint density at radius 2 is 1.03 bits per heavy atom. The third-order valence-electron chi connectivity index (χ3n) is 6.64. The van der Waals surface area contributed by atoms with Gasteiger partial charge in [-0.25, -0.2) is 0 Å². The average molecular weight is 415 g/mol. The van der Waals surface area contributed by atoms with E-state index >= 15 is 0 Å². The van der Waals surface area contributed by atoms with Gasteiger partial charge in [0.05, 0.1) is 0 Å². The van der Waals surface area contributed by atoms with Crippen molar-refractivity contribution < 1.29 is 0 Å². The fourth-order valence-corrected chi connectivity index (χ4v) is 4.93. The second-order valence-corrected chi connectivity index (χ2v) is 8.80. The minimum Gasteiger partial charge on any atom is -0.0622 e. The van der Waals surface area contributed by atoms with E-state index in [1.807, 2.05) is 0 Å². The third-order valence-corrected chi connectivity index (χ3v) is 6.64. The first-order valence-electron chi connectivity index (χ1n) is 11.8. The zero-order chi connectivity index (χ0) is 21.9. The average Bonchev–Trinajstić information content (AvgIpc) is 2.84. The van der Waals surface area contributed by atoms with E-state index in [1.165, 1.54) is 54.9 Å². The highest BCUT2D eigenvalue weighted by molar-refractivity contribution is 6.10. The van der Waals surface area contributed by atoms with Gasteiger partial charge in [-0.2, -0.15) is 0 Å². The Morgan fingerprint density at radius 1 is 0.406 bits per heavy atom. The first-order chi connectivity index (χ1) is 15.7. The van der Waals surface area contributed by atoms with Gasteiger partial charge in [0.15, 0.2) is 0 Å². The van der Waals surface area contributed by atoms with Crippen molar-refractivity contribution in [2.45, 2.75) is 39.5 Å². The van der Waals surface area contributed by atoms with Gasteiger partial charge in [0.2, 0.25) is 0 Å². The number of fused-ring (bicyclic) bond motifs is 3. The van der Waals surface area contributed by atoms with Crippen molar-refractivity contribution in [1.82, 2.24) is 0 Å². The van der Waals surface area contributed by atoms with Crippen molar-refractivity contribution in [2.24, 2.45) is 0 Å². The normalized spacial score (nSPS) is 11.3. The Labute approximate surface area is 191 Å². The fraction of sp³-hybridized carbons (Fsp3) is 0.188. The second kappa shape index (κ2) is 9.01. The van der Waals surface area contributed by atoms with Crippen LogP contribution < -0.4 is 0 Å². The van der Waals surface area contributed by atoms with Gasteiger partial charge >= 0.3 is 0 Å². The summed E-state index contributed by atoms with van der Waals surface area (Å²) in [6.07, 6.45) is 4.04. The Bertz CT molecular complexity index is 1360. The fourth-order valence-electron chi connectivity index (χ4n) is 4.93. The summed E-state index contributed by atoms with van der Waals surface area (Å²) in [6.45, 7) is 4.52. The van der Waals surface area contributed by atoms with Gasteiger partial charge in [0.1, 0.15) is 0 Å². The molecule has 0 unspecified atom stereocenters. The lowest BCUT2D eigenvalue weighted by molar-refractivity contribution is 1.13. The topological polar surface area (TPSA) is 0 Å². The lowest BCUT2D eigenvalue weighted by atomic mass is 9.88. The molecule has 0 atom stereocenters. The standard InChI is InChI=1S/C32H30/c1-3-23-15-16-29-27(4-2)22-30-28(18-25-13-9-6-10-14-25)19-26(21-32(30)31(29)20-23)17-24-11-7-5-8-12-24/h5-16,19-22H,3-4,17-18H2,1-2H3. The van der Waals surface area contributed by atoms with Crippen LogP contribution in [0.2, 0.25) is 0 Å². The molecule has 0 saturated carbocycles. The first-order valence-corrected chi connectivity index (χ1v) is 11.8. The molecule has 0 aromatic heterocycles. The summed E-state index contributed by atoms with van der Waals surface area (Å²) in [5, 5.41) is 5.61. The Morgan fingerprint density at radius 3 is 1.69 bits per heavy atom. The van der Waals surface area contributed by atoms with Gasteiger partial charge in [0.25, 0.3) is 0 Å². The van der Waals surface area contributed by atoms with Crippen molar-refractivity contribution in [1.29, 1.82) is 0 Å². The van der Waals surface area contributed by atoms with Crippen LogP contribution in [-0.4, -0.2) is 0 Å². The predicted octanol–water partition coefficient (Wildman–Crippen LogP) is 8.30. The summed E-state index contributed by atoms with van der Waals surface area (Å²) < 4.78 is 0. The zero-order valence-electron chi connectivity index (χ0n) is 19.1. The molecule has 0 aliphatic carbocycles. The SMILES string of the molecule is CCc1ccc2c(CC)cc3c(Cc4ccccc4)cc(Cc4ccccc4)cc3c2c1. The molecular weight excluding hydrogens is 384 g/mol. The summed E-state index contributed by atoms with van der Waals surface area (Å²) in [4.78, 5) is 0. The van der Waals surface area contributed by atoms with Crippen molar-refractivity contribution in [3.05, 3.63) is 130 Å². The number of aryl methyl sites for hydroxylation is 2. The minimum absolute atomic E-state index is 0.960. The molecule has 5 aromatic rings. The van der Waals surface area contributed by atoms with Crippen LogP contribution in [0.4, 0.5) is 0 Å². The number of rotatable bonds is 6. The monoisotopic (exact) mass is 414 g/mol. The summed E-state index contributed by atoms with van der Waals surface area (Å²) in [7, 11) is 0. The first kappa shape index (κ1) is 20.5. The van der Waals surface area contributed by atoms with Crippen LogP contribution in [0.5, 0.6) is 0 Å². The quantitative estimate of drug-likeness (QED) is 0.245. The molecule has 0 nitrogen and oxygen atoms in total. The predicted molar refractivity (Wildman–Crippen MR) is 139 cm³/mol. The maximum absolute atomic E-state index is 2.45. The number of benzene rings is 5. The van der Waals surface area contributed by atoms with Crippen LogP contribution in [0.3, 0.4) is 0 Å². The third kappa shape index (κ3) is 4.06. The number of hydrogen-bond acceptors (Lipinski definition) is 0. The molecule has 5 aromatic carbocycles. The van der Waals surface area contributed by atoms with E-state index in [4.69, 9.17) is 0 Å². The molecule has 0 radical (unpaired) electrons. The van der Waals surface area contributed by atoms with E-state index in [0.29, 0.717) is 0 Å². The molecule has 32 heavy (non-hydrogen) atoms. The maximum Gasteiger partial charge on any atom is -0.00195 e. The highest BCUT2D eigenvalue weighted by Crippen LogP contribution is 2.34. The Hall–Kier alpha value is -3.38. The minimum atomic E-state index is 0.960. The van der Waals surface area contributed by atoms with E-state index < -0.39 is 0 Å². The maximum atomic E-state index is 2.45. The van der Waals surface area contributed by atoms with Gasteiger partial charge in [-0.3, -0.25) is 0 Å². The van der Waals surface area contributed by atoms with Crippen LogP contribution in [0, 0.1) is 0 Å². The molecule has 0 bridgehead atoms. The van der Waals surface area contributed by atoms with Crippen LogP contribution in [0.25, 0.3) is 21.5 Å². The Balaban J connectivity index is 1.77. The van der Waals surface area contributed by atoms with Gasteiger partial charge < -0.3 is 0 Å². The summed E-state index contributed by atoms with van der Waals surface area (Å²) in [6, 6.07) is 36.1. The summed E-state index contributed by atoms with van der Waals surface area (Å²) in [5.74, 6) is 0. The smallest absolute Gasteiger partial charge is 0.00195 e.